The summed E-state index contributed by atoms with van der Waals surface area (Å²) in [5.41, 5.74) is 2.81. The summed E-state index contributed by atoms with van der Waals surface area (Å²) in [6.45, 7) is 6.84. The molecular weight excluding hydrogens is 184 g/mol. The molecule has 0 aromatic carbocycles. The second kappa shape index (κ2) is 4.75. The first-order valence-electron chi connectivity index (χ1n) is 5.97. The molecule has 0 aliphatic carbocycles. The number of piperidine rings is 1. The number of hydrogen-bond donors (Lipinski definition) is 0. The van der Waals surface area contributed by atoms with Crippen LogP contribution in [0.3, 0.4) is 0 Å². The predicted octanol–water partition coefficient (Wildman–Crippen LogP) is 2.94. The lowest BCUT2D eigenvalue weighted by Gasteiger charge is -2.35. The van der Waals surface area contributed by atoms with Gasteiger partial charge in [-0.2, -0.15) is 0 Å². The summed E-state index contributed by atoms with van der Waals surface area (Å²) in [6.07, 6.45) is 7.93. The molecule has 0 amide bonds. The molecule has 2 nitrogen and oxygen atoms in total. The van der Waals surface area contributed by atoms with Gasteiger partial charge in [0.2, 0.25) is 0 Å². The van der Waals surface area contributed by atoms with Crippen molar-refractivity contribution in [3.05, 3.63) is 29.6 Å². The minimum atomic E-state index is 0.631. The Morgan fingerprint density at radius 3 is 3.07 bits per heavy atom. The first-order chi connectivity index (χ1) is 7.33. The number of rotatable bonds is 2. The molecule has 1 aliphatic rings. The van der Waals surface area contributed by atoms with E-state index < -0.39 is 0 Å². The van der Waals surface area contributed by atoms with E-state index in [2.05, 4.69) is 29.8 Å². The van der Waals surface area contributed by atoms with Gasteiger partial charge in [0.1, 0.15) is 0 Å². The van der Waals surface area contributed by atoms with Crippen molar-refractivity contribution < 1.29 is 0 Å². The number of hydrogen-bond acceptors (Lipinski definition) is 2. The number of aryl methyl sites for hydroxylation is 1. The zero-order valence-electron chi connectivity index (χ0n) is 9.74. The van der Waals surface area contributed by atoms with Crippen LogP contribution in [0, 0.1) is 6.92 Å². The summed E-state index contributed by atoms with van der Waals surface area (Å²) in [4.78, 5) is 6.76. The third kappa shape index (κ3) is 2.20. The quantitative estimate of drug-likeness (QED) is 0.736. The monoisotopic (exact) mass is 204 g/mol. The van der Waals surface area contributed by atoms with E-state index in [-0.39, 0.29) is 0 Å². The van der Waals surface area contributed by atoms with Crippen LogP contribution < -0.4 is 0 Å². The minimum absolute atomic E-state index is 0.631. The van der Waals surface area contributed by atoms with E-state index in [1.807, 2.05) is 12.4 Å². The van der Waals surface area contributed by atoms with Crippen LogP contribution in [0.5, 0.6) is 0 Å². The lowest BCUT2D eigenvalue weighted by molar-refractivity contribution is 0.156. The van der Waals surface area contributed by atoms with Crippen LogP contribution in [0.2, 0.25) is 0 Å². The molecule has 1 saturated heterocycles. The molecule has 0 radical (unpaired) electrons. The second-order valence-electron chi connectivity index (χ2n) is 4.37. The topological polar surface area (TPSA) is 16.1 Å². The van der Waals surface area contributed by atoms with Crippen LogP contribution in [-0.2, 0) is 0 Å². The van der Waals surface area contributed by atoms with Crippen molar-refractivity contribution in [2.75, 3.05) is 13.1 Å². The van der Waals surface area contributed by atoms with Gasteiger partial charge in [0.15, 0.2) is 0 Å². The van der Waals surface area contributed by atoms with Crippen molar-refractivity contribution >= 4 is 0 Å². The van der Waals surface area contributed by atoms with Gasteiger partial charge in [-0.25, -0.2) is 0 Å². The van der Waals surface area contributed by atoms with E-state index in [0.29, 0.717) is 6.04 Å². The van der Waals surface area contributed by atoms with Crippen molar-refractivity contribution in [1.29, 1.82) is 0 Å². The fourth-order valence-corrected chi connectivity index (χ4v) is 2.58. The Hall–Kier alpha value is -0.890. The van der Waals surface area contributed by atoms with Gasteiger partial charge in [-0.05, 0) is 50.0 Å². The van der Waals surface area contributed by atoms with Crippen molar-refractivity contribution in [2.24, 2.45) is 0 Å². The van der Waals surface area contributed by atoms with Gasteiger partial charge in [-0.1, -0.05) is 13.3 Å². The van der Waals surface area contributed by atoms with E-state index in [1.54, 1.807) is 0 Å². The first-order valence-corrected chi connectivity index (χ1v) is 5.97. The molecule has 1 unspecified atom stereocenters. The number of aromatic nitrogens is 1. The van der Waals surface area contributed by atoms with Gasteiger partial charge in [0, 0.05) is 18.4 Å². The maximum atomic E-state index is 4.17. The van der Waals surface area contributed by atoms with Crippen LogP contribution >= 0.6 is 0 Å². The van der Waals surface area contributed by atoms with Gasteiger partial charge >= 0.3 is 0 Å². The number of nitrogens with zero attached hydrogens (tertiary/aromatic N) is 2. The Labute approximate surface area is 92.3 Å². The van der Waals surface area contributed by atoms with E-state index in [1.165, 1.54) is 36.9 Å². The first kappa shape index (κ1) is 10.6. The zero-order chi connectivity index (χ0) is 10.7. The molecule has 0 bridgehead atoms. The normalized spacial score (nSPS) is 22.9. The Kier molecular flexibility index (Phi) is 3.37. The largest absolute Gasteiger partial charge is 0.297 e. The highest BCUT2D eigenvalue weighted by atomic mass is 15.2. The van der Waals surface area contributed by atoms with Gasteiger partial charge in [-0.15, -0.1) is 0 Å². The average molecular weight is 204 g/mol. The van der Waals surface area contributed by atoms with Gasteiger partial charge in [-0.3, -0.25) is 9.88 Å². The molecule has 2 rings (SSSR count). The summed E-state index contributed by atoms with van der Waals surface area (Å²) in [5, 5.41) is 0. The lowest BCUT2D eigenvalue weighted by Crippen LogP contribution is -2.33. The molecule has 1 aliphatic heterocycles. The number of pyridine rings is 1. The lowest BCUT2D eigenvalue weighted by atomic mass is 9.93. The Bertz CT molecular complexity index is 322. The summed E-state index contributed by atoms with van der Waals surface area (Å²) in [5.74, 6) is 0. The molecule has 82 valence electrons. The molecule has 0 N–H and O–H groups in total. The van der Waals surface area contributed by atoms with Gasteiger partial charge in [0.05, 0.1) is 0 Å². The molecule has 1 fully saturated rings. The molecule has 0 saturated carbocycles. The van der Waals surface area contributed by atoms with E-state index in [0.717, 1.165) is 6.54 Å². The van der Waals surface area contributed by atoms with Crippen LogP contribution in [0.15, 0.2) is 18.5 Å². The average Bonchev–Trinajstić information content (AvgIpc) is 2.30. The van der Waals surface area contributed by atoms with Crippen molar-refractivity contribution in [3.8, 4) is 0 Å². The molecule has 2 heteroatoms. The summed E-state index contributed by atoms with van der Waals surface area (Å²) >= 11 is 0. The highest BCUT2D eigenvalue weighted by molar-refractivity contribution is 5.25. The third-order valence-corrected chi connectivity index (χ3v) is 3.44. The second-order valence-corrected chi connectivity index (χ2v) is 4.37. The standard InChI is InChI=1S/C13H20N2/c1-3-15-9-5-4-6-13(15)12-7-8-14-10-11(12)2/h7-8,10,13H,3-6,9H2,1-2H3. The third-order valence-electron chi connectivity index (χ3n) is 3.44. The van der Waals surface area contributed by atoms with E-state index in [9.17, 15) is 0 Å². The fourth-order valence-electron chi connectivity index (χ4n) is 2.58. The summed E-state index contributed by atoms with van der Waals surface area (Å²) in [7, 11) is 0. The summed E-state index contributed by atoms with van der Waals surface area (Å²) < 4.78 is 0. The van der Waals surface area contributed by atoms with Crippen molar-refractivity contribution in [1.82, 2.24) is 9.88 Å². The molecule has 1 aromatic heterocycles. The maximum Gasteiger partial charge on any atom is 0.0351 e. The van der Waals surface area contributed by atoms with Crippen LogP contribution in [0.25, 0.3) is 0 Å². The van der Waals surface area contributed by atoms with Crippen LogP contribution in [0.1, 0.15) is 43.4 Å². The molecule has 1 aromatic rings. The van der Waals surface area contributed by atoms with E-state index in [4.69, 9.17) is 0 Å². The minimum Gasteiger partial charge on any atom is -0.297 e. The predicted molar refractivity (Wildman–Crippen MR) is 62.8 cm³/mol. The maximum absolute atomic E-state index is 4.17. The SMILES string of the molecule is CCN1CCCCC1c1ccncc1C. The van der Waals surface area contributed by atoms with E-state index >= 15 is 0 Å². The van der Waals surface area contributed by atoms with Crippen LogP contribution in [-0.4, -0.2) is 23.0 Å². The molecule has 1 atom stereocenters. The van der Waals surface area contributed by atoms with Crippen LogP contribution in [0.4, 0.5) is 0 Å². The zero-order valence-corrected chi connectivity index (χ0v) is 9.74. The van der Waals surface area contributed by atoms with Crippen molar-refractivity contribution in [2.45, 2.75) is 39.2 Å². The van der Waals surface area contributed by atoms with Gasteiger partial charge in [0.25, 0.3) is 0 Å². The summed E-state index contributed by atoms with van der Waals surface area (Å²) in [6, 6.07) is 2.82. The number of likely N-dealkylation sites (tertiary alicyclic amines) is 1. The highest BCUT2D eigenvalue weighted by Gasteiger charge is 2.23. The highest BCUT2D eigenvalue weighted by Crippen LogP contribution is 2.31. The Morgan fingerprint density at radius 1 is 1.47 bits per heavy atom. The molecule has 0 spiro atoms. The Balaban J connectivity index is 2.24. The Morgan fingerprint density at radius 2 is 2.33 bits per heavy atom. The molecule has 2 heterocycles. The van der Waals surface area contributed by atoms with Crippen molar-refractivity contribution in [3.63, 3.8) is 0 Å². The molecule has 15 heavy (non-hydrogen) atoms. The molecular formula is C13H20N2. The fraction of sp³-hybridized carbons (Fsp3) is 0.615. The smallest absolute Gasteiger partial charge is 0.0351 e. The van der Waals surface area contributed by atoms with Gasteiger partial charge < -0.3 is 0 Å².